The van der Waals surface area contributed by atoms with Gasteiger partial charge in [-0.05, 0) is 60.7 Å². The van der Waals surface area contributed by atoms with Crippen molar-refractivity contribution in [2.75, 3.05) is 12.4 Å². The Morgan fingerprint density at radius 3 is 2.50 bits per heavy atom. The molecule has 1 heterocycles. The van der Waals surface area contributed by atoms with Crippen molar-refractivity contribution in [1.82, 2.24) is 20.2 Å². The average molecular weight is 369 g/mol. The summed E-state index contributed by atoms with van der Waals surface area (Å²) in [5.74, 6) is 0.612. The van der Waals surface area contributed by atoms with E-state index in [9.17, 15) is 4.79 Å². The molecule has 1 atom stereocenters. The van der Waals surface area contributed by atoms with Gasteiger partial charge in [0.1, 0.15) is 5.75 Å². The largest absolute Gasteiger partial charge is 0.497 e. The number of nitrogens with zero attached hydrogens (tertiary/aromatic N) is 4. The predicted octanol–water partition coefficient (Wildman–Crippen LogP) is 3.10. The molecule has 0 aliphatic carbocycles. The van der Waals surface area contributed by atoms with Gasteiger partial charge in [0.05, 0.1) is 18.0 Å². The fourth-order valence-electron chi connectivity index (χ4n) is 2.23. The number of ether oxygens (including phenoxy) is 1. The summed E-state index contributed by atoms with van der Waals surface area (Å²) in [7, 11) is 1.60. The molecule has 0 aliphatic rings. The third-order valence-corrected chi connectivity index (χ3v) is 4.76. The number of carbonyl (C=O) groups excluding carboxylic acids is 1. The van der Waals surface area contributed by atoms with Crippen LogP contribution >= 0.6 is 11.8 Å². The van der Waals surface area contributed by atoms with E-state index < -0.39 is 0 Å². The molecule has 0 fully saturated rings. The number of thioether (sulfide) groups is 1. The first-order chi connectivity index (χ1) is 12.6. The molecule has 0 radical (unpaired) electrons. The first-order valence-corrected chi connectivity index (χ1v) is 8.92. The lowest BCUT2D eigenvalue weighted by Crippen LogP contribution is -2.22. The maximum absolute atomic E-state index is 12.4. The van der Waals surface area contributed by atoms with E-state index in [4.69, 9.17) is 4.74 Å². The summed E-state index contributed by atoms with van der Waals surface area (Å²) in [5, 5.41) is 14.9. The Morgan fingerprint density at radius 1 is 1.15 bits per heavy atom. The fourth-order valence-corrected chi connectivity index (χ4v) is 3.04. The maximum atomic E-state index is 12.4. The molecule has 0 bridgehead atoms. The quantitative estimate of drug-likeness (QED) is 0.673. The zero-order chi connectivity index (χ0) is 18.5. The molecule has 3 rings (SSSR count). The van der Waals surface area contributed by atoms with E-state index in [2.05, 4.69) is 20.8 Å². The fraction of sp³-hybridized carbons (Fsp3) is 0.222. The van der Waals surface area contributed by atoms with Crippen LogP contribution in [0.2, 0.25) is 0 Å². The van der Waals surface area contributed by atoms with E-state index in [-0.39, 0.29) is 11.2 Å². The van der Waals surface area contributed by atoms with Crippen molar-refractivity contribution in [2.45, 2.75) is 24.3 Å². The summed E-state index contributed by atoms with van der Waals surface area (Å²) in [5.41, 5.74) is 2.72. The van der Waals surface area contributed by atoms with E-state index in [0.29, 0.717) is 10.8 Å². The van der Waals surface area contributed by atoms with E-state index >= 15 is 0 Å². The van der Waals surface area contributed by atoms with Gasteiger partial charge in [0.25, 0.3) is 0 Å². The molecule has 1 N–H and O–H groups in total. The lowest BCUT2D eigenvalue weighted by Gasteiger charge is -2.12. The van der Waals surface area contributed by atoms with Crippen LogP contribution in [-0.2, 0) is 4.79 Å². The molecule has 0 aliphatic heterocycles. The normalized spacial score (nSPS) is 11.8. The van der Waals surface area contributed by atoms with Gasteiger partial charge < -0.3 is 10.1 Å². The summed E-state index contributed by atoms with van der Waals surface area (Å²) in [6.07, 6.45) is 0. The molecule has 0 saturated carbocycles. The number of nitrogens with one attached hydrogen (secondary N) is 1. The molecule has 7 nitrogen and oxygen atoms in total. The zero-order valence-electron chi connectivity index (χ0n) is 14.7. The number of rotatable bonds is 6. The van der Waals surface area contributed by atoms with Crippen LogP contribution in [0.3, 0.4) is 0 Å². The van der Waals surface area contributed by atoms with Crippen LogP contribution in [0.5, 0.6) is 5.75 Å². The molecule has 0 spiro atoms. The summed E-state index contributed by atoms with van der Waals surface area (Å²) >= 11 is 1.30. The van der Waals surface area contributed by atoms with Crippen LogP contribution < -0.4 is 10.1 Å². The average Bonchev–Trinajstić information content (AvgIpc) is 3.11. The molecule has 134 valence electrons. The minimum atomic E-state index is -0.368. The van der Waals surface area contributed by atoms with Crippen molar-refractivity contribution >= 4 is 23.4 Å². The number of hydrogen-bond donors (Lipinski definition) is 1. The maximum Gasteiger partial charge on any atom is 0.237 e. The second-order valence-corrected chi connectivity index (χ2v) is 6.99. The molecular weight excluding hydrogens is 350 g/mol. The Labute approximate surface area is 155 Å². The van der Waals surface area contributed by atoms with Crippen LogP contribution in [0.15, 0.2) is 53.7 Å². The zero-order valence-corrected chi connectivity index (χ0v) is 15.5. The second-order valence-electron chi connectivity index (χ2n) is 5.69. The lowest BCUT2D eigenvalue weighted by molar-refractivity contribution is -0.115. The minimum absolute atomic E-state index is 0.126. The van der Waals surface area contributed by atoms with Crippen molar-refractivity contribution in [1.29, 1.82) is 0 Å². The first-order valence-electron chi connectivity index (χ1n) is 8.04. The van der Waals surface area contributed by atoms with Gasteiger partial charge in [-0.25, -0.2) is 0 Å². The Kier molecular flexibility index (Phi) is 5.52. The number of aryl methyl sites for hydroxylation is 1. The van der Waals surface area contributed by atoms with Crippen molar-refractivity contribution in [2.24, 2.45) is 0 Å². The van der Waals surface area contributed by atoms with Crippen molar-refractivity contribution < 1.29 is 9.53 Å². The summed E-state index contributed by atoms with van der Waals surface area (Å²) < 4.78 is 6.74. The van der Waals surface area contributed by atoms with E-state index in [1.165, 1.54) is 11.8 Å². The molecule has 26 heavy (non-hydrogen) atoms. The third-order valence-electron chi connectivity index (χ3n) is 3.73. The highest BCUT2D eigenvalue weighted by atomic mass is 32.2. The summed E-state index contributed by atoms with van der Waals surface area (Å²) in [4.78, 5) is 12.4. The summed E-state index contributed by atoms with van der Waals surface area (Å²) in [6, 6.07) is 15.1. The molecule has 2 aromatic carbocycles. The predicted molar refractivity (Wildman–Crippen MR) is 101 cm³/mol. The van der Waals surface area contributed by atoms with Gasteiger partial charge in [-0.2, -0.15) is 4.68 Å². The molecule has 0 saturated heterocycles. The van der Waals surface area contributed by atoms with Gasteiger partial charge in [0, 0.05) is 5.69 Å². The molecule has 1 aromatic heterocycles. The van der Waals surface area contributed by atoms with Crippen LogP contribution in [0.4, 0.5) is 5.69 Å². The van der Waals surface area contributed by atoms with Crippen molar-refractivity contribution in [3.63, 3.8) is 0 Å². The number of benzene rings is 2. The van der Waals surface area contributed by atoms with Crippen molar-refractivity contribution in [3.8, 4) is 11.4 Å². The number of methoxy groups -OCH3 is 1. The highest BCUT2D eigenvalue weighted by molar-refractivity contribution is 8.00. The van der Waals surface area contributed by atoms with E-state index in [1.807, 2.05) is 38.1 Å². The van der Waals surface area contributed by atoms with Gasteiger partial charge in [0.15, 0.2) is 0 Å². The minimum Gasteiger partial charge on any atom is -0.497 e. The molecule has 0 unspecified atom stereocenters. The van der Waals surface area contributed by atoms with Crippen LogP contribution in [-0.4, -0.2) is 38.5 Å². The Hall–Kier alpha value is -2.87. The standard InChI is InChI=1S/C18H19N5O2S/c1-12-4-8-15(9-5-12)23-18(20-21-22-23)26-13(2)17(24)19-14-6-10-16(25-3)11-7-14/h4-11,13H,1-3H3,(H,19,24)/t13-/m0/s1. The van der Waals surface area contributed by atoms with Gasteiger partial charge in [-0.1, -0.05) is 29.5 Å². The number of amides is 1. The van der Waals surface area contributed by atoms with E-state index in [1.54, 1.807) is 36.1 Å². The lowest BCUT2D eigenvalue weighted by atomic mass is 10.2. The number of tetrazole rings is 1. The molecular formula is C18H19N5O2S. The molecule has 1 amide bonds. The first kappa shape index (κ1) is 17.9. The highest BCUT2D eigenvalue weighted by Crippen LogP contribution is 2.24. The van der Waals surface area contributed by atoms with Gasteiger partial charge in [-0.15, -0.1) is 5.10 Å². The molecule has 3 aromatic rings. The third kappa shape index (κ3) is 4.20. The van der Waals surface area contributed by atoms with Crippen LogP contribution in [0.25, 0.3) is 5.69 Å². The monoisotopic (exact) mass is 369 g/mol. The topological polar surface area (TPSA) is 81.9 Å². The van der Waals surface area contributed by atoms with Crippen LogP contribution in [0, 0.1) is 6.92 Å². The van der Waals surface area contributed by atoms with E-state index in [0.717, 1.165) is 17.0 Å². The Balaban J connectivity index is 1.67. The smallest absolute Gasteiger partial charge is 0.237 e. The van der Waals surface area contributed by atoms with Gasteiger partial charge >= 0.3 is 0 Å². The Morgan fingerprint density at radius 2 is 1.85 bits per heavy atom. The number of aromatic nitrogens is 4. The van der Waals surface area contributed by atoms with Crippen LogP contribution in [0.1, 0.15) is 12.5 Å². The highest BCUT2D eigenvalue weighted by Gasteiger charge is 2.19. The number of hydrogen-bond acceptors (Lipinski definition) is 6. The second kappa shape index (κ2) is 8.01. The number of carbonyl (C=O) groups is 1. The number of anilines is 1. The van der Waals surface area contributed by atoms with Gasteiger partial charge in [0.2, 0.25) is 11.1 Å². The molecule has 8 heteroatoms. The van der Waals surface area contributed by atoms with Gasteiger partial charge in [-0.3, -0.25) is 4.79 Å². The summed E-state index contributed by atoms with van der Waals surface area (Å²) in [6.45, 7) is 3.84. The van der Waals surface area contributed by atoms with Crippen molar-refractivity contribution in [3.05, 3.63) is 54.1 Å². The Bertz CT molecular complexity index is 877. The SMILES string of the molecule is COc1ccc(NC(=O)[C@H](C)Sc2nnnn2-c2ccc(C)cc2)cc1.